The van der Waals surface area contributed by atoms with Crippen LogP contribution in [0.2, 0.25) is 5.02 Å². The van der Waals surface area contributed by atoms with E-state index in [4.69, 9.17) is 11.6 Å². The SMILES string of the molecule is CCCNc1ncc(C(=O)NCc2ccncc2)cc1Cl. The van der Waals surface area contributed by atoms with Gasteiger partial charge in [-0.05, 0) is 30.2 Å². The Kier molecular flexibility index (Phi) is 5.51. The first-order valence-corrected chi connectivity index (χ1v) is 7.15. The molecule has 0 aliphatic rings. The molecule has 0 saturated heterocycles. The molecule has 0 spiro atoms. The molecule has 0 aliphatic carbocycles. The zero-order valence-corrected chi connectivity index (χ0v) is 12.5. The van der Waals surface area contributed by atoms with Crippen LogP contribution in [0.3, 0.4) is 0 Å². The summed E-state index contributed by atoms with van der Waals surface area (Å²) < 4.78 is 0. The number of nitrogens with one attached hydrogen (secondary N) is 2. The van der Waals surface area contributed by atoms with Gasteiger partial charge in [0, 0.05) is 31.7 Å². The Morgan fingerprint density at radius 1 is 1.33 bits per heavy atom. The number of nitrogens with zero attached hydrogens (tertiary/aromatic N) is 2. The van der Waals surface area contributed by atoms with Crippen molar-refractivity contribution in [3.8, 4) is 0 Å². The highest BCUT2D eigenvalue weighted by Crippen LogP contribution is 2.20. The zero-order valence-electron chi connectivity index (χ0n) is 11.8. The van der Waals surface area contributed by atoms with Crippen LogP contribution in [0.15, 0.2) is 36.8 Å². The minimum atomic E-state index is -0.205. The highest BCUT2D eigenvalue weighted by atomic mass is 35.5. The topological polar surface area (TPSA) is 66.9 Å². The first-order chi connectivity index (χ1) is 10.2. The summed E-state index contributed by atoms with van der Waals surface area (Å²) in [7, 11) is 0. The monoisotopic (exact) mass is 304 g/mol. The van der Waals surface area contributed by atoms with Gasteiger partial charge in [-0.15, -0.1) is 0 Å². The molecule has 2 heterocycles. The van der Waals surface area contributed by atoms with Gasteiger partial charge in [0.05, 0.1) is 10.6 Å². The van der Waals surface area contributed by atoms with Gasteiger partial charge in [-0.25, -0.2) is 4.98 Å². The Morgan fingerprint density at radius 3 is 2.76 bits per heavy atom. The van der Waals surface area contributed by atoms with Crippen LogP contribution in [0.1, 0.15) is 29.3 Å². The highest BCUT2D eigenvalue weighted by molar-refractivity contribution is 6.33. The normalized spacial score (nSPS) is 10.2. The number of carbonyl (C=O) groups is 1. The van der Waals surface area contributed by atoms with E-state index in [2.05, 4.69) is 27.5 Å². The fourth-order valence-electron chi connectivity index (χ4n) is 1.72. The molecule has 0 bridgehead atoms. The second-order valence-corrected chi connectivity index (χ2v) is 4.93. The first kappa shape index (κ1) is 15.3. The number of pyridine rings is 2. The zero-order chi connectivity index (χ0) is 15.1. The molecule has 0 saturated carbocycles. The van der Waals surface area contributed by atoms with Crippen molar-refractivity contribution < 1.29 is 4.79 Å². The van der Waals surface area contributed by atoms with Crippen LogP contribution in [0.25, 0.3) is 0 Å². The lowest BCUT2D eigenvalue weighted by Crippen LogP contribution is -2.23. The molecule has 2 rings (SSSR count). The van der Waals surface area contributed by atoms with Gasteiger partial charge in [-0.3, -0.25) is 9.78 Å². The van der Waals surface area contributed by atoms with E-state index < -0.39 is 0 Å². The molecule has 0 fully saturated rings. The largest absolute Gasteiger partial charge is 0.369 e. The van der Waals surface area contributed by atoms with Gasteiger partial charge in [-0.1, -0.05) is 18.5 Å². The highest BCUT2D eigenvalue weighted by Gasteiger charge is 2.09. The van der Waals surface area contributed by atoms with Gasteiger partial charge < -0.3 is 10.6 Å². The standard InChI is InChI=1S/C15H17ClN4O/c1-2-5-18-14-13(16)8-12(10-19-14)15(21)20-9-11-3-6-17-7-4-11/h3-4,6-8,10H,2,5,9H2,1H3,(H,18,19)(H,20,21). The van der Waals surface area contributed by atoms with E-state index >= 15 is 0 Å². The molecule has 2 aromatic heterocycles. The van der Waals surface area contributed by atoms with Crippen molar-refractivity contribution in [2.45, 2.75) is 19.9 Å². The lowest BCUT2D eigenvalue weighted by atomic mass is 10.2. The summed E-state index contributed by atoms with van der Waals surface area (Å²) in [6, 6.07) is 5.32. The third kappa shape index (κ3) is 4.43. The van der Waals surface area contributed by atoms with Crippen molar-refractivity contribution in [1.82, 2.24) is 15.3 Å². The van der Waals surface area contributed by atoms with Crippen molar-refractivity contribution in [3.05, 3.63) is 52.9 Å². The third-order valence-electron chi connectivity index (χ3n) is 2.85. The molecule has 110 valence electrons. The number of amides is 1. The van der Waals surface area contributed by atoms with E-state index in [1.54, 1.807) is 18.5 Å². The summed E-state index contributed by atoms with van der Waals surface area (Å²) >= 11 is 6.11. The molecule has 2 aromatic rings. The van der Waals surface area contributed by atoms with Crippen LogP contribution in [0.4, 0.5) is 5.82 Å². The van der Waals surface area contributed by atoms with Gasteiger partial charge in [0.1, 0.15) is 5.82 Å². The molecule has 0 aromatic carbocycles. The average Bonchev–Trinajstić information content (AvgIpc) is 2.52. The van der Waals surface area contributed by atoms with Gasteiger partial charge in [0.2, 0.25) is 0 Å². The minimum absolute atomic E-state index is 0.205. The van der Waals surface area contributed by atoms with Crippen LogP contribution in [-0.4, -0.2) is 22.4 Å². The van der Waals surface area contributed by atoms with Gasteiger partial charge in [0.15, 0.2) is 0 Å². The second-order valence-electron chi connectivity index (χ2n) is 4.52. The predicted octanol–water partition coefficient (Wildman–Crippen LogP) is 2.88. The predicted molar refractivity (Wildman–Crippen MR) is 83.4 cm³/mol. The molecule has 6 heteroatoms. The quantitative estimate of drug-likeness (QED) is 0.861. The van der Waals surface area contributed by atoms with Crippen LogP contribution in [0.5, 0.6) is 0 Å². The van der Waals surface area contributed by atoms with Crippen LogP contribution in [-0.2, 0) is 6.54 Å². The van der Waals surface area contributed by atoms with Gasteiger partial charge in [-0.2, -0.15) is 0 Å². The number of carbonyl (C=O) groups excluding carboxylic acids is 1. The molecule has 2 N–H and O–H groups in total. The van der Waals surface area contributed by atoms with Gasteiger partial charge in [0.25, 0.3) is 5.91 Å². The summed E-state index contributed by atoms with van der Waals surface area (Å²) in [4.78, 5) is 20.2. The van der Waals surface area contributed by atoms with E-state index in [0.29, 0.717) is 22.9 Å². The maximum absolute atomic E-state index is 12.0. The fraction of sp³-hybridized carbons (Fsp3) is 0.267. The molecular weight excluding hydrogens is 288 g/mol. The molecule has 21 heavy (non-hydrogen) atoms. The van der Waals surface area contributed by atoms with E-state index in [0.717, 1.165) is 18.5 Å². The number of halogens is 1. The van der Waals surface area contributed by atoms with Crippen molar-refractivity contribution >= 4 is 23.3 Å². The summed E-state index contributed by atoms with van der Waals surface area (Å²) in [6.45, 7) is 3.29. The summed E-state index contributed by atoms with van der Waals surface area (Å²) in [5.41, 5.74) is 1.43. The number of hydrogen-bond donors (Lipinski definition) is 2. The maximum atomic E-state index is 12.0. The van der Waals surface area contributed by atoms with E-state index in [1.807, 2.05) is 12.1 Å². The molecule has 0 unspecified atom stereocenters. The molecule has 0 aliphatic heterocycles. The number of rotatable bonds is 6. The Bertz CT molecular complexity index is 604. The van der Waals surface area contributed by atoms with Crippen LogP contribution >= 0.6 is 11.6 Å². The van der Waals surface area contributed by atoms with Crippen LogP contribution in [0, 0.1) is 0 Å². The Morgan fingerprint density at radius 2 is 2.10 bits per heavy atom. The number of aromatic nitrogens is 2. The average molecular weight is 305 g/mol. The summed E-state index contributed by atoms with van der Waals surface area (Å²) in [5.74, 6) is 0.396. The van der Waals surface area contributed by atoms with E-state index in [-0.39, 0.29) is 5.91 Å². The van der Waals surface area contributed by atoms with Crippen LogP contribution < -0.4 is 10.6 Å². The smallest absolute Gasteiger partial charge is 0.253 e. The lowest BCUT2D eigenvalue weighted by Gasteiger charge is -2.08. The lowest BCUT2D eigenvalue weighted by molar-refractivity contribution is 0.0950. The third-order valence-corrected chi connectivity index (χ3v) is 3.14. The minimum Gasteiger partial charge on any atom is -0.369 e. The molecule has 0 atom stereocenters. The molecule has 5 nitrogen and oxygen atoms in total. The van der Waals surface area contributed by atoms with Crippen molar-refractivity contribution in [2.75, 3.05) is 11.9 Å². The van der Waals surface area contributed by atoms with Gasteiger partial charge >= 0.3 is 0 Å². The van der Waals surface area contributed by atoms with E-state index in [9.17, 15) is 4.79 Å². The van der Waals surface area contributed by atoms with Crippen molar-refractivity contribution in [1.29, 1.82) is 0 Å². The van der Waals surface area contributed by atoms with Crippen molar-refractivity contribution in [3.63, 3.8) is 0 Å². The molecule has 1 amide bonds. The number of hydrogen-bond acceptors (Lipinski definition) is 4. The molecular formula is C15H17ClN4O. The Hall–Kier alpha value is -2.14. The summed E-state index contributed by atoms with van der Waals surface area (Å²) in [5, 5.41) is 6.37. The fourth-order valence-corrected chi connectivity index (χ4v) is 1.95. The Labute approximate surface area is 128 Å². The number of anilines is 1. The summed E-state index contributed by atoms with van der Waals surface area (Å²) in [6.07, 6.45) is 5.88. The van der Waals surface area contributed by atoms with E-state index in [1.165, 1.54) is 6.20 Å². The maximum Gasteiger partial charge on any atom is 0.253 e. The molecule has 0 radical (unpaired) electrons. The van der Waals surface area contributed by atoms with Crippen molar-refractivity contribution in [2.24, 2.45) is 0 Å². The Balaban J connectivity index is 1.98. The second kappa shape index (κ2) is 7.59. The first-order valence-electron chi connectivity index (χ1n) is 6.77.